The maximum Gasteiger partial charge on any atom is 0.320 e. The van der Waals surface area contributed by atoms with Crippen LogP contribution in [0.25, 0.3) is 0 Å². The maximum absolute atomic E-state index is 11.6. The van der Waals surface area contributed by atoms with Gasteiger partial charge in [-0.25, -0.2) is 0 Å². The van der Waals surface area contributed by atoms with E-state index in [9.17, 15) is 9.59 Å². The lowest BCUT2D eigenvalue weighted by atomic mass is 9.64. The third kappa shape index (κ3) is 0.798. The lowest BCUT2D eigenvalue weighted by Crippen LogP contribution is -2.49. The number of carbonyl (C=O) groups is 2. The Balaban J connectivity index is 2.51. The van der Waals surface area contributed by atoms with Crippen molar-refractivity contribution in [2.75, 3.05) is 0 Å². The van der Waals surface area contributed by atoms with Crippen molar-refractivity contribution in [1.82, 2.24) is 0 Å². The van der Waals surface area contributed by atoms with Gasteiger partial charge in [0.05, 0.1) is 11.3 Å². The van der Waals surface area contributed by atoms with E-state index >= 15 is 0 Å². The molecule has 1 saturated heterocycles. The molecule has 1 aliphatic carbocycles. The standard InChI is InChI=1S/C10H14O3/c1-9(2)6-4-5-10(9,3)8(12)13-7(6)11/h6H,4-5H2,1-3H3/t6-,10?/m1/s1. The van der Waals surface area contributed by atoms with Crippen molar-refractivity contribution in [2.45, 2.75) is 33.6 Å². The first-order valence-electron chi connectivity index (χ1n) is 4.66. The Morgan fingerprint density at radius 3 is 2.54 bits per heavy atom. The van der Waals surface area contributed by atoms with E-state index in [0.29, 0.717) is 0 Å². The molecule has 13 heavy (non-hydrogen) atoms. The fourth-order valence-electron chi connectivity index (χ4n) is 2.55. The van der Waals surface area contributed by atoms with Gasteiger partial charge in [0, 0.05) is 0 Å². The van der Waals surface area contributed by atoms with Crippen molar-refractivity contribution < 1.29 is 14.3 Å². The largest absolute Gasteiger partial charge is 0.392 e. The van der Waals surface area contributed by atoms with Gasteiger partial charge in [0.25, 0.3) is 0 Å². The maximum atomic E-state index is 11.6. The Bertz CT molecular complexity index is 293. The van der Waals surface area contributed by atoms with E-state index in [0.717, 1.165) is 12.8 Å². The Hall–Kier alpha value is -0.860. The van der Waals surface area contributed by atoms with Gasteiger partial charge < -0.3 is 4.74 Å². The SMILES string of the molecule is CC12CC[C@H](C(=O)OC1=O)C2(C)C. The van der Waals surface area contributed by atoms with Crippen LogP contribution in [0.15, 0.2) is 0 Å². The summed E-state index contributed by atoms with van der Waals surface area (Å²) >= 11 is 0. The van der Waals surface area contributed by atoms with E-state index in [1.807, 2.05) is 20.8 Å². The molecule has 1 unspecified atom stereocenters. The molecule has 0 aromatic heterocycles. The monoisotopic (exact) mass is 182 g/mol. The summed E-state index contributed by atoms with van der Waals surface area (Å²) in [4.78, 5) is 22.9. The topological polar surface area (TPSA) is 43.4 Å². The first-order chi connectivity index (χ1) is 5.89. The van der Waals surface area contributed by atoms with Crippen LogP contribution in [0, 0.1) is 16.7 Å². The summed E-state index contributed by atoms with van der Waals surface area (Å²) in [6, 6.07) is 0. The minimum absolute atomic E-state index is 0.0878. The van der Waals surface area contributed by atoms with Gasteiger partial charge in [-0.05, 0) is 25.2 Å². The average molecular weight is 182 g/mol. The Kier molecular flexibility index (Phi) is 1.44. The Morgan fingerprint density at radius 1 is 1.31 bits per heavy atom. The molecule has 2 rings (SSSR count). The zero-order valence-electron chi connectivity index (χ0n) is 8.22. The normalized spacial score (nSPS) is 41.9. The molecule has 72 valence electrons. The third-order valence-corrected chi connectivity index (χ3v) is 4.15. The summed E-state index contributed by atoms with van der Waals surface area (Å²) in [6.45, 7) is 5.88. The van der Waals surface area contributed by atoms with Crippen molar-refractivity contribution in [3.63, 3.8) is 0 Å². The first kappa shape index (κ1) is 8.73. The fraction of sp³-hybridized carbons (Fsp3) is 0.800. The Morgan fingerprint density at radius 2 is 1.92 bits per heavy atom. The highest BCUT2D eigenvalue weighted by Crippen LogP contribution is 2.59. The second-order valence-electron chi connectivity index (χ2n) is 4.85. The van der Waals surface area contributed by atoms with Gasteiger partial charge in [-0.15, -0.1) is 0 Å². The highest BCUT2D eigenvalue weighted by atomic mass is 16.6. The predicted octanol–water partition coefficient (Wildman–Crippen LogP) is 1.51. The molecule has 0 aromatic carbocycles. The molecule has 1 heterocycles. The molecule has 0 aromatic rings. The molecule has 1 aliphatic heterocycles. The second-order valence-corrected chi connectivity index (χ2v) is 4.85. The Labute approximate surface area is 77.4 Å². The van der Waals surface area contributed by atoms with E-state index in [2.05, 4.69) is 0 Å². The van der Waals surface area contributed by atoms with Gasteiger partial charge in [-0.3, -0.25) is 9.59 Å². The molecule has 3 nitrogen and oxygen atoms in total. The molecule has 3 heteroatoms. The predicted molar refractivity (Wildman–Crippen MR) is 45.7 cm³/mol. The molecule has 0 spiro atoms. The lowest BCUT2D eigenvalue weighted by molar-refractivity contribution is -0.185. The van der Waals surface area contributed by atoms with Crippen molar-refractivity contribution in [3.8, 4) is 0 Å². The number of hydrogen-bond donors (Lipinski definition) is 0. The molecule has 1 saturated carbocycles. The van der Waals surface area contributed by atoms with Crippen LogP contribution in [0.1, 0.15) is 33.6 Å². The molecule has 2 bridgehead atoms. The van der Waals surface area contributed by atoms with Crippen molar-refractivity contribution in [1.29, 1.82) is 0 Å². The summed E-state index contributed by atoms with van der Waals surface area (Å²) in [5.41, 5.74) is -0.689. The molecular formula is C10H14O3. The summed E-state index contributed by atoms with van der Waals surface area (Å²) in [6.07, 6.45) is 1.56. The number of esters is 2. The van der Waals surface area contributed by atoms with Gasteiger partial charge in [-0.2, -0.15) is 0 Å². The summed E-state index contributed by atoms with van der Waals surface area (Å²) in [5, 5.41) is 0. The highest BCUT2D eigenvalue weighted by molar-refractivity contribution is 5.95. The average Bonchev–Trinajstić information content (AvgIpc) is 2.16. The minimum atomic E-state index is -0.453. The van der Waals surface area contributed by atoms with Crippen molar-refractivity contribution >= 4 is 11.9 Å². The fourth-order valence-corrected chi connectivity index (χ4v) is 2.55. The van der Waals surface area contributed by atoms with Crippen LogP contribution >= 0.6 is 0 Å². The van der Waals surface area contributed by atoms with E-state index in [-0.39, 0.29) is 23.3 Å². The first-order valence-corrected chi connectivity index (χ1v) is 4.66. The summed E-state index contributed by atoms with van der Waals surface area (Å²) in [7, 11) is 0. The molecule has 2 atom stereocenters. The van der Waals surface area contributed by atoms with Crippen LogP contribution in [0.2, 0.25) is 0 Å². The van der Waals surface area contributed by atoms with Gasteiger partial charge in [-0.1, -0.05) is 13.8 Å². The number of hydrogen-bond acceptors (Lipinski definition) is 3. The smallest absolute Gasteiger partial charge is 0.320 e. The van der Waals surface area contributed by atoms with E-state index < -0.39 is 5.41 Å². The zero-order chi connectivity index (χ0) is 9.85. The van der Waals surface area contributed by atoms with Crippen LogP contribution in [-0.2, 0) is 14.3 Å². The van der Waals surface area contributed by atoms with Crippen molar-refractivity contribution in [3.05, 3.63) is 0 Å². The zero-order valence-corrected chi connectivity index (χ0v) is 8.22. The number of rotatable bonds is 0. The molecule has 2 fully saturated rings. The molecule has 0 N–H and O–H groups in total. The molecule has 0 amide bonds. The molecule has 2 aliphatic rings. The van der Waals surface area contributed by atoms with Gasteiger partial charge in [0.2, 0.25) is 0 Å². The number of fused-ring (bicyclic) bond motifs is 2. The van der Waals surface area contributed by atoms with Crippen LogP contribution in [-0.4, -0.2) is 11.9 Å². The number of cyclic esters (lactones) is 2. The van der Waals surface area contributed by atoms with Gasteiger partial charge in [0.1, 0.15) is 0 Å². The summed E-state index contributed by atoms with van der Waals surface area (Å²) in [5.74, 6) is -0.753. The van der Waals surface area contributed by atoms with Crippen molar-refractivity contribution in [2.24, 2.45) is 16.7 Å². The van der Waals surface area contributed by atoms with Gasteiger partial charge >= 0.3 is 11.9 Å². The third-order valence-electron chi connectivity index (χ3n) is 4.15. The number of carbonyl (C=O) groups excluding carboxylic acids is 2. The second kappa shape index (κ2) is 2.14. The highest BCUT2D eigenvalue weighted by Gasteiger charge is 2.63. The van der Waals surface area contributed by atoms with E-state index in [4.69, 9.17) is 4.74 Å². The van der Waals surface area contributed by atoms with E-state index in [1.54, 1.807) is 0 Å². The molecule has 0 radical (unpaired) electrons. The van der Waals surface area contributed by atoms with Crippen LogP contribution in [0.3, 0.4) is 0 Å². The lowest BCUT2D eigenvalue weighted by Gasteiger charge is -2.41. The molecular weight excluding hydrogens is 168 g/mol. The van der Waals surface area contributed by atoms with Gasteiger partial charge in [0.15, 0.2) is 0 Å². The van der Waals surface area contributed by atoms with Crippen LogP contribution < -0.4 is 0 Å². The quantitative estimate of drug-likeness (QED) is 0.421. The van der Waals surface area contributed by atoms with Crippen LogP contribution in [0.5, 0.6) is 0 Å². The number of ether oxygens (including phenoxy) is 1. The summed E-state index contributed by atoms with van der Waals surface area (Å²) < 4.78 is 4.73. The van der Waals surface area contributed by atoms with Crippen LogP contribution in [0.4, 0.5) is 0 Å². The minimum Gasteiger partial charge on any atom is -0.392 e. The van der Waals surface area contributed by atoms with E-state index in [1.165, 1.54) is 0 Å².